The van der Waals surface area contributed by atoms with Crippen molar-refractivity contribution in [2.75, 3.05) is 19.6 Å². The number of hydrogen-bond acceptors (Lipinski definition) is 2. The van der Waals surface area contributed by atoms with Crippen LogP contribution >= 0.6 is 0 Å². The summed E-state index contributed by atoms with van der Waals surface area (Å²) in [4.78, 5) is 2.61. The van der Waals surface area contributed by atoms with Crippen LogP contribution in [-0.2, 0) is 0 Å². The lowest BCUT2D eigenvalue weighted by Gasteiger charge is -2.48. The molecule has 0 aromatic carbocycles. The Morgan fingerprint density at radius 3 is 2.00 bits per heavy atom. The molecule has 0 aromatic rings. The summed E-state index contributed by atoms with van der Waals surface area (Å²) in [5.74, 6) is 2.79. The fourth-order valence-corrected chi connectivity index (χ4v) is 3.30. The topological polar surface area (TPSA) is 15.3 Å². The molecule has 2 nitrogen and oxygen atoms in total. The van der Waals surface area contributed by atoms with Gasteiger partial charge in [0.1, 0.15) is 0 Å². The predicted molar refractivity (Wildman–Crippen MR) is 81.8 cm³/mol. The Morgan fingerprint density at radius 1 is 1.11 bits per heavy atom. The minimum absolute atomic E-state index is 0.246. The van der Waals surface area contributed by atoms with Crippen molar-refractivity contribution >= 4 is 0 Å². The Bertz CT molecular complexity index is 234. The van der Waals surface area contributed by atoms with Gasteiger partial charge in [-0.15, -0.1) is 12.3 Å². The number of terminal acetylenes is 1. The average Bonchev–Trinajstić information content (AvgIpc) is 2.41. The fourth-order valence-electron chi connectivity index (χ4n) is 3.30. The molecule has 1 unspecified atom stereocenters. The van der Waals surface area contributed by atoms with E-state index in [9.17, 15) is 0 Å². The van der Waals surface area contributed by atoms with Gasteiger partial charge in [-0.25, -0.2) is 0 Å². The lowest BCUT2D eigenvalue weighted by atomic mass is 9.80. The molecule has 0 radical (unpaired) electrons. The van der Waals surface area contributed by atoms with Crippen molar-refractivity contribution in [3.05, 3.63) is 0 Å². The Labute approximate surface area is 115 Å². The van der Waals surface area contributed by atoms with Crippen LogP contribution in [0.3, 0.4) is 0 Å². The van der Waals surface area contributed by atoms with E-state index in [1.54, 1.807) is 0 Å². The number of hydrogen-bond donors (Lipinski definition) is 1. The standard InChI is InChI=1S/C16H32N2/c1-7-13-14-15(17-10-4)16(8-2,9-3)18(11-5)12-6/h1,15,17H,8-14H2,2-6H3. The minimum atomic E-state index is 0.246. The van der Waals surface area contributed by atoms with E-state index in [4.69, 9.17) is 6.42 Å². The van der Waals surface area contributed by atoms with Crippen LogP contribution in [0.25, 0.3) is 0 Å². The van der Waals surface area contributed by atoms with E-state index in [1.807, 2.05) is 0 Å². The number of likely N-dealkylation sites (N-methyl/N-ethyl adjacent to an activating group) is 2. The average molecular weight is 252 g/mol. The van der Waals surface area contributed by atoms with E-state index >= 15 is 0 Å². The zero-order chi connectivity index (χ0) is 14.0. The molecule has 0 aliphatic carbocycles. The highest BCUT2D eigenvalue weighted by atomic mass is 15.2. The first-order valence-corrected chi connectivity index (χ1v) is 7.58. The molecule has 0 aliphatic heterocycles. The van der Waals surface area contributed by atoms with Crippen LogP contribution in [0.5, 0.6) is 0 Å². The molecule has 0 aliphatic rings. The normalized spacial score (nSPS) is 13.6. The van der Waals surface area contributed by atoms with Gasteiger partial charge >= 0.3 is 0 Å². The van der Waals surface area contributed by atoms with Crippen LogP contribution in [0.15, 0.2) is 0 Å². The number of rotatable bonds is 10. The van der Waals surface area contributed by atoms with Crippen LogP contribution in [-0.4, -0.2) is 36.1 Å². The molecule has 0 rings (SSSR count). The highest BCUT2D eigenvalue weighted by molar-refractivity contribution is 5.00. The van der Waals surface area contributed by atoms with E-state index < -0.39 is 0 Å². The highest BCUT2D eigenvalue weighted by Crippen LogP contribution is 2.30. The van der Waals surface area contributed by atoms with Crippen molar-refractivity contribution < 1.29 is 0 Å². The molecule has 0 spiro atoms. The first kappa shape index (κ1) is 17.5. The molecular weight excluding hydrogens is 220 g/mol. The van der Waals surface area contributed by atoms with Crippen molar-refractivity contribution in [2.24, 2.45) is 0 Å². The third-order valence-corrected chi connectivity index (χ3v) is 4.29. The summed E-state index contributed by atoms with van der Waals surface area (Å²) in [7, 11) is 0. The fraction of sp³-hybridized carbons (Fsp3) is 0.875. The summed E-state index contributed by atoms with van der Waals surface area (Å²) in [5, 5.41) is 3.67. The molecule has 18 heavy (non-hydrogen) atoms. The number of nitrogens with one attached hydrogen (secondary N) is 1. The van der Waals surface area contributed by atoms with E-state index in [-0.39, 0.29) is 5.54 Å². The molecule has 0 fully saturated rings. The molecular formula is C16H32N2. The molecule has 0 aromatic heterocycles. The highest BCUT2D eigenvalue weighted by Gasteiger charge is 2.38. The van der Waals surface area contributed by atoms with Crippen molar-refractivity contribution in [2.45, 2.75) is 71.9 Å². The van der Waals surface area contributed by atoms with Gasteiger partial charge < -0.3 is 5.32 Å². The quantitative estimate of drug-likeness (QED) is 0.600. The second kappa shape index (κ2) is 9.42. The summed E-state index contributed by atoms with van der Waals surface area (Å²) in [5.41, 5.74) is 0.246. The third kappa shape index (κ3) is 4.00. The van der Waals surface area contributed by atoms with Crippen molar-refractivity contribution in [3.8, 4) is 12.3 Å². The van der Waals surface area contributed by atoms with Crippen LogP contribution in [0.1, 0.15) is 60.3 Å². The monoisotopic (exact) mass is 252 g/mol. The van der Waals surface area contributed by atoms with Gasteiger partial charge in [0.05, 0.1) is 0 Å². The maximum atomic E-state index is 5.45. The molecule has 1 N–H and O–H groups in total. The number of nitrogens with zero attached hydrogens (tertiary/aromatic N) is 1. The Kier molecular flexibility index (Phi) is 9.14. The molecule has 0 bridgehead atoms. The van der Waals surface area contributed by atoms with Crippen molar-refractivity contribution in [3.63, 3.8) is 0 Å². The first-order valence-electron chi connectivity index (χ1n) is 7.58. The summed E-state index contributed by atoms with van der Waals surface area (Å²) in [6, 6.07) is 0.494. The Balaban J connectivity index is 5.14. The molecule has 0 amide bonds. The SMILES string of the molecule is C#CCCC(NCC)C(CC)(CC)N(CC)CC. The lowest BCUT2D eigenvalue weighted by molar-refractivity contribution is 0.0472. The predicted octanol–water partition coefficient (Wildman–Crippen LogP) is 3.28. The van der Waals surface area contributed by atoms with Gasteiger partial charge in [-0.1, -0.05) is 34.6 Å². The smallest absolute Gasteiger partial charge is 0.0357 e. The van der Waals surface area contributed by atoms with Gasteiger partial charge in [-0.05, 0) is 38.9 Å². The van der Waals surface area contributed by atoms with Gasteiger partial charge in [0.25, 0.3) is 0 Å². The summed E-state index contributed by atoms with van der Waals surface area (Å²) in [6.45, 7) is 14.5. The Hall–Kier alpha value is -0.520. The van der Waals surface area contributed by atoms with Crippen LogP contribution < -0.4 is 5.32 Å². The zero-order valence-electron chi connectivity index (χ0n) is 13.1. The maximum Gasteiger partial charge on any atom is 0.0357 e. The molecule has 106 valence electrons. The zero-order valence-corrected chi connectivity index (χ0v) is 13.1. The van der Waals surface area contributed by atoms with E-state index in [0.29, 0.717) is 6.04 Å². The Morgan fingerprint density at radius 2 is 1.67 bits per heavy atom. The maximum absolute atomic E-state index is 5.45. The van der Waals surface area contributed by atoms with Crippen molar-refractivity contribution in [1.82, 2.24) is 10.2 Å². The van der Waals surface area contributed by atoms with E-state index in [2.05, 4.69) is 50.8 Å². The second-order valence-electron chi connectivity index (χ2n) is 4.84. The van der Waals surface area contributed by atoms with Gasteiger partial charge in [-0.3, -0.25) is 4.90 Å². The van der Waals surface area contributed by atoms with Gasteiger partial charge in [0.2, 0.25) is 0 Å². The molecule has 1 atom stereocenters. The minimum Gasteiger partial charge on any atom is -0.312 e. The summed E-state index contributed by atoms with van der Waals surface area (Å²) >= 11 is 0. The third-order valence-electron chi connectivity index (χ3n) is 4.29. The summed E-state index contributed by atoms with van der Waals surface area (Å²) < 4.78 is 0. The van der Waals surface area contributed by atoms with Crippen molar-refractivity contribution in [1.29, 1.82) is 0 Å². The van der Waals surface area contributed by atoms with Gasteiger partial charge in [-0.2, -0.15) is 0 Å². The van der Waals surface area contributed by atoms with Crippen LogP contribution in [0.4, 0.5) is 0 Å². The molecule has 2 heteroatoms. The summed E-state index contributed by atoms with van der Waals surface area (Å²) in [6.07, 6.45) is 9.73. The van der Waals surface area contributed by atoms with E-state index in [1.165, 1.54) is 12.8 Å². The van der Waals surface area contributed by atoms with Crippen LogP contribution in [0, 0.1) is 12.3 Å². The first-order chi connectivity index (χ1) is 8.66. The van der Waals surface area contributed by atoms with Gasteiger partial charge in [0.15, 0.2) is 0 Å². The molecule has 0 saturated carbocycles. The van der Waals surface area contributed by atoms with E-state index in [0.717, 1.165) is 32.5 Å². The van der Waals surface area contributed by atoms with Crippen LogP contribution in [0.2, 0.25) is 0 Å². The van der Waals surface area contributed by atoms with Gasteiger partial charge in [0, 0.05) is 18.0 Å². The lowest BCUT2D eigenvalue weighted by Crippen LogP contribution is -2.60. The largest absolute Gasteiger partial charge is 0.312 e. The second-order valence-corrected chi connectivity index (χ2v) is 4.84. The molecule has 0 saturated heterocycles. The molecule has 0 heterocycles.